The molecule has 0 bridgehead atoms. The van der Waals surface area contributed by atoms with E-state index in [1.807, 2.05) is 0 Å². The summed E-state index contributed by atoms with van der Waals surface area (Å²) in [7, 11) is 1.78. The van der Waals surface area contributed by atoms with Crippen LogP contribution in [0.5, 0.6) is 0 Å². The Bertz CT molecular complexity index is 464. The molecule has 1 aromatic carbocycles. The summed E-state index contributed by atoms with van der Waals surface area (Å²) in [4.78, 5) is 14.1. The lowest BCUT2D eigenvalue weighted by atomic mass is 9.82. The van der Waals surface area contributed by atoms with Crippen molar-refractivity contribution in [3.63, 3.8) is 0 Å². The quantitative estimate of drug-likeness (QED) is 0.792. The summed E-state index contributed by atoms with van der Waals surface area (Å²) >= 11 is 0. The summed E-state index contributed by atoms with van der Waals surface area (Å²) in [5.41, 5.74) is 1.36. The van der Waals surface area contributed by atoms with Crippen molar-refractivity contribution >= 4 is 11.6 Å². The van der Waals surface area contributed by atoms with Gasteiger partial charge in [0.15, 0.2) is 0 Å². The molecule has 1 fully saturated rings. The Morgan fingerprint density at radius 1 is 1.26 bits per heavy atom. The van der Waals surface area contributed by atoms with Gasteiger partial charge in [-0.25, -0.2) is 4.39 Å². The zero-order valence-electron chi connectivity index (χ0n) is 11.9. The summed E-state index contributed by atoms with van der Waals surface area (Å²) in [6.07, 6.45) is 4.22. The highest BCUT2D eigenvalue weighted by Gasteiger charge is 2.27. The third-order valence-electron chi connectivity index (χ3n) is 4.22. The van der Waals surface area contributed by atoms with E-state index in [9.17, 15) is 9.18 Å². The van der Waals surface area contributed by atoms with Gasteiger partial charge in [0.2, 0.25) is 5.91 Å². The number of carbonyl (C=O) groups is 1. The molecule has 104 valence electrons. The van der Waals surface area contributed by atoms with E-state index in [1.165, 1.54) is 6.07 Å². The summed E-state index contributed by atoms with van der Waals surface area (Å²) in [6, 6.07) is 4.84. The number of hydrogen-bond donors (Lipinski definition) is 0. The van der Waals surface area contributed by atoms with E-state index in [2.05, 4.69) is 6.92 Å². The molecule has 1 saturated carbocycles. The number of nitrogens with zero attached hydrogens (tertiary/aromatic N) is 1. The number of carbonyl (C=O) groups excluding carboxylic acids is 1. The first-order valence-electron chi connectivity index (χ1n) is 7.02. The average Bonchev–Trinajstić information content (AvgIpc) is 2.41. The van der Waals surface area contributed by atoms with Crippen LogP contribution in [-0.2, 0) is 4.79 Å². The van der Waals surface area contributed by atoms with E-state index in [-0.39, 0.29) is 17.6 Å². The van der Waals surface area contributed by atoms with Crippen molar-refractivity contribution < 1.29 is 9.18 Å². The van der Waals surface area contributed by atoms with Gasteiger partial charge in [-0.05, 0) is 62.3 Å². The molecular weight excluding hydrogens is 241 g/mol. The summed E-state index contributed by atoms with van der Waals surface area (Å²) in [5, 5.41) is 0. The minimum absolute atomic E-state index is 0.131. The van der Waals surface area contributed by atoms with Crippen LogP contribution < -0.4 is 4.90 Å². The van der Waals surface area contributed by atoms with E-state index in [4.69, 9.17) is 0 Å². The standard InChI is InChI=1S/C16H22FNO/c1-11-4-6-13(7-5-11)16(19)18(3)14-8-9-15(17)12(2)10-14/h8-11,13H,4-7H2,1-3H3/t11-,13+. The Hall–Kier alpha value is -1.38. The molecule has 1 amide bonds. The molecule has 0 aliphatic heterocycles. The second-order valence-electron chi connectivity index (χ2n) is 5.79. The Balaban J connectivity index is 2.08. The first-order chi connectivity index (χ1) is 8.99. The van der Waals surface area contributed by atoms with E-state index in [0.29, 0.717) is 5.56 Å². The van der Waals surface area contributed by atoms with Crippen molar-refractivity contribution in [3.8, 4) is 0 Å². The average molecular weight is 263 g/mol. The molecule has 0 unspecified atom stereocenters. The van der Waals surface area contributed by atoms with Crippen LogP contribution >= 0.6 is 0 Å². The molecule has 1 aliphatic rings. The topological polar surface area (TPSA) is 20.3 Å². The molecule has 0 spiro atoms. The Kier molecular flexibility index (Phi) is 4.23. The predicted molar refractivity (Wildman–Crippen MR) is 75.7 cm³/mol. The van der Waals surface area contributed by atoms with Crippen molar-refractivity contribution in [2.24, 2.45) is 11.8 Å². The minimum Gasteiger partial charge on any atom is -0.315 e. The van der Waals surface area contributed by atoms with Gasteiger partial charge in [0, 0.05) is 18.7 Å². The molecule has 0 saturated heterocycles. The second-order valence-corrected chi connectivity index (χ2v) is 5.79. The Labute approximate surface area is 114 Å². The molecule has 0 atom stereocenters. The van der Waals surface area contributed by atoms with E-state index < -0.39 is 0 Å². The molecule has 3 heteroatoms. The molecule has 1 aliphatic carbocycles. The molecule has 0 heterocycles. The highest BCUT2D eigenvalue weighted by molar-refractivity contribution is 5.94. The zero-order chi connectivity index (χ0) is 14.0. The minimum atomic E-state index is -0.226. The molecule has 19 heavy (non-hydrogen) atoms. The second kappa shape index (κ2) is 5.72. The van der Waals surface area contributed by atoms with Gasteiger partial charge in [-0.2, -0.15) is 0 Å². The number of aryl methyl sites for hydroxylation is 1. The number of amides is 1. The van der Waals surface area contributed by atoms with Gasteiger partial charge in [0.05, 0.1) is 0 Å². The summed E-state index contributed by atoms with van der Waals surface area (Å²) < 4.78 is 13.3. The van der Waals surface area contributed by atoms with Crippen LogP contribution in [0.1, 0.15) is 38.2 Å². The van der Waals surface area contributed by atoms with E-state index in [0.717, 1.165) is 37.3 Å². The van der Waals surface area contributed by atoms with Gasteiger partial charge >= 0.3 is 0 Å². The lowest BCUT2D eigenvalue weighted by Crippen LogP contribution is -2.34. The molecule has 0 radical (unpaired) electrons. The van der Waals surface area contributed by atoms with Crippen molar-refractivity contribution in [1.29, 1.82) is 0 Å². The number of benzene rings is 1. The maximum absolute atomic E-state index is 13.3. The summed E-state index contributed by atoms with van der Waals surface area (Å²) in [5.74, 6) is 0.808. The van der Waals surface area contributed by atoms with Crippen LogP contribution in [0.25, 0.3) is 0 Å². The smallest absolute Gasteiger partial charge is 0.229 e. The molecule has 0 N–H and O–H groups in total. The number of hydrogen-bond acceptors (Lipinski definition) is 1. The molecular formula is C16H22FNO. The van der Waals surface area contributed by atoms with Gasteiger partial charge in [0.1, 0.15) is 5.82 Å². The monoisotopic (exact) mass is 263 g/mol. The maximum Gasteiger partial charge on any atom is 0.229 e. The van der Waals surface area contributed by atoms with Gasteiger partial charge in [-0.3, -0.25) is 4.79 Å². The molecule has 2 rings (SSSR count). The highest BCUT2D eigenvalue weighted by atomic mass is 19.1. The number of rotatable bonds is 2. The Morgan fingerprint density at radius 3 is 2.47 bits per heavy atom. The third kappa shape index (κ3) is 3.14. The van der Waals surface area contributed by atoms with Crippen molar-refractivity contribution in [1.82, 2.24) is 0 Å². The van der Waals surface area contributed by atoms with Gasteiger partial charge < -0.3 is 4.90 Å². The Morgan fingerprint density at radius 2 is 1.89 bits per heavy atom. The van der Waals surface area contributed by atoms with Crippen LogP contribution in [0.3, 0.4) is 0 Å². The zero-order valence-corrected chi connectivity index (χ0v) is 11.9. The first kappa shape index (κ1) is 14.0. The van der Waals surface area contributed by atoms with Crippen LogP contribution in [-0.4, -0.2) is 13.0 Å². The van der Waals surface area contributed by atoms with Crippen molar-refractivity contribution in [2.75, 3.05) is 11.9 Å². The normalized spacial score (nSPS) is 23.2. The summed E-state index contributed by atoms with van der Waals surface area (Å²) in [6.45, 7) is 3.97. The van der Waals surface area contributed by atoms with Crippen molar-refractivity contribution in [3.05, 3.63) is 29.6 Å². The van der Waals surface area contributed by atoms with Gasteiger partial charge in [-0.1, -0.05) is 6.92 Å². The van der Waals surface area contributed by atoms with Crippen LogP contribution in [0.4, 0.5) is 10.1 Å². The molecule has 0 aromatic heterocycles. The van der Waals surface area contributed by atoms with Gasteiger partial charge in [0.25, 0.3) is 0 Å². The molecule has 2 nitrogen and oxygen atoms in total. The van der Waals surface area contributed by atoms with Crippen LogP contribution in [0.15, 0.2) is 18.2 Å². The maximum atomic E-state index is 13.3. The fourth-order valence-corrected chi connectivity index (χ4v) is 2.75. The highest BCUT2D eigenvalue weighted by Crippen LogP contribution is 2.30. The van der Waals surface area contributed by atoms with Gasteiger partial charge in [-0.15, -0.1) is 0 Å². The lowest BCUT2D eigenvalue weighted by Gasteiger charge is -2.29. The fraction of sp³-hybridized carbons (Fsp3) is 0.562. The largest absolute Gasteiger partial charge is 0.315 e. The van der Waals surface area contributed by atoms with E-state index in [1.54, 1.807) is 31.0 Å². The number of anilines is 1. The van der Waals surface area contributed by atoms with E-state index >= 15 is 0 Å². The SMILES string of the molecule is Cc1cc(N(C)C(=O)[C@H]2CC[C@@H](C)CC2)ccc1F. The predicted octanol–water partition coefficient (Wildman–Crippen LogP) is 3.92. The first-order valence-corrected chi connectivity index (χ1v) is 7.02. The fourth-order valence-electron chi connectivity index (χ4n) is 2.75. The van der Waals surface area contributed by atoms with Crippen LogP contribution in [0.2, 0.25) is 0 Å². The lowest BCUT2D eigenvalue weighted by molar-refractivity contribution is -0.123. The number of halogens is 1. The third-order valence-corrected chi connectivity index (χ3v) is 4.22. The van der Waals surface area contributed by atoms with Crippen molar-refractivity contribution in [2.45, 2.75) is 39.5 Å². The molecule has 1 aromatic rings. The van der Waals surface area contributed by atoms with Crippen LogP contribution in [0, 0.1) is 24.6 Å².